The molecule has 0 aliphatic rings. The Balaban J connectivity index is 2.01. The molecule has 2 heterocycles. The van der Waals surface area contributed by atoms with E-state index in [-0.39, 0.29) is 61.0 Å². The van der Waals surface area contributed by atoms with Gasteiger partial charge in [-0.25, -0.2) is 0 Å². The molecule has 5 aromatic rings. The van der Waals surface area contributed by atoms with Gasteiger partial charge in [-0.3, -0.25) is 19.2 Å². The summed E-state index contributed by atoms with van der Waals surface area (Å²) in [6.45, 7) is 2.57. The molecule has 0 aliphatic heterocycles. The van der Waals surface area contributed by atoms with Crippen molar-refractivity contribution >= 4 is 44.5 Å². The van der Waals surface area contributed by atoms with Gasteiger partial charge in [0.25, 0.3) is 0 Å². The van der Waals surface area contributed by atoms with Crippen LogP contribution in [0.25, 0.3) is 44.0 Å². The van der Waals surface area contributed by atoms with Crippen molar-refractivity contribution in [1.29, 1.82) is 0 Å². The summed E-state index contributed by atoms with van der Waals surface area (Å²) in [5, 5.41) is 10.2. The van der Waals surface area contributed by atoms with Gasteiger partial charge in [-0.05, 0) is 44.2 Å². The van der Waals surface area contributed by atoms with Gasteiger partial charge in [0, 0.05) is 17.2 Å². The molecule has 1 N–H and O–H groups in total. The molecule has 2 aromatic heterocycles. The third-order valence-corrected chi connectivity index (χ3v) is 5.63. The molecule has 0 radical (unpaired) electrons. The fourth-order valence-electron chi connectivity index (χ4n) is 4.12. The zero-order chi connectivity index (χ0) is 23.4. The quantitative estimate of drug-likeness (QED) is 0.316. The summed E-state index contributed by atoms with van der Waals surface area (Å²) in [6.07, 6.45) is 1.14. The van der Waals surface area contributed by atoms with Crippen molar-refractivity contribution in [3.05, 3.63) is 86.4 Å². The predicted molar refractivity (Wildman–Crippen MR) is 123 cm³/mol. The monoisotopic (exact) mass is 440 g/mol. The highest BCUT2D eigenvalue weighted by molar-refractivity contribution is 6.17. The van der Waals surface area contributed by atoms with Crippen LogP contribution in [0.1, 0.15) is 34.6 Å². The van der Waals surface area contributed by atoms with Gasteiger partial charge in [-0.2, -0.15) is 0 Å². The van der Waals surface area contributed by atoms with E-state index in [1.807, 2.05) is 0 Å². The van der Waals surface area contributed by atoms with E-state index >= 15 is 0 Å². The van der Waals surface area contributed by atoms with Crippen LogP contribution in [0.2, 0.25) is 0 Å². The molecule has 7 heteroatoms. The van der Waals surface area contributed by atoms with E-state index in [0.29, 0.717) is 5.39 Å². The van der Waals surface area contributed by atoms with Gasteiger partial charge in [-0.15, -0.1) is 0 Å². The minimum absolute atomic E-state index is 0.00333. The van der Waals surface area contributed by atoms with Crippen LogP contribution in [0.15, 0.2) is 73.2 Å². The fourth-order valence-corrected chi connectivity index (χ4v) is 4.12. The second kappa shape index (κ2) is 7.27. The zero-order valence-corrected chi connectivity index (χ0v) is 17.6. The number of hydrogen-bond acceptors (Lipinski definition) is 7. The number of benzene rings is 3. The number of phenols is 1. The highest BCUT2D eigenvalue weighted by atomic mass is 16.3. The standard InChI is InChI=1S/C26H16O7/c1-12(27)17-10-18-24(30)15-5-3-4-6-20(15)33-26(18)22(13(2)28)23(17)19-11-32-21-9-14(29)7-8-16(21)25(19)31/h3-11,29H,1-2H3. The van der Waals surface area contributed by atoms with Gasteiger partial charge in [0.15, 0.2) is 11.6 Å². The summed E-state index contributed by atoms with van der Waals surface area (Å²) in [4.78, 5) is 52.0. The average Bonchev–Trinajstić information content (AvgIpc) is 2.78. The minimum Gasteiger partial charge on any atom is -0.508 e. The Morgan fingerprint density at radius 3 is 2.27 bits per heavy atom. The SMILES string of the molecule is CC(=O)c1cc2c(=O)c3ccccc3oc2c(C(C)=O)c1-c1coc2cc(O)ccc2c1=O. The Labute approximate surface area is 185 Å². The van der Waals surface area contributed by atoms with Crippen molar-refractivity contribution in [2.24, 2.45) is 0 Å². The summed E-state index contributed by atoms with van der Waals surface area (Å²) in [6, 6.07) is 12.0. The maximum absolute atomic E-state index is 13.3. The number of fused-ring (bicyclic) bond motifs is 3. The van der Waals surface area contributed by atoms with Gasteiger partial charge in [0.1, 0.15) is 28.8 Å². The van der Waals surface area contributed by atoms with Crippen LogP contribution in [-0.2, 0) is 0 Å². The van der Waals surface area contributed by atoms with Gasteiger partial charge < -0.3 is 13.9 Å². The summed E-state index contributed by atoms with van der Waals surface area (Å²) in [7, 11) is 0. The third kappa shape index (κ3) is 3.05. The van der Waals surface area contributed by atoms with Crippen LogP contribution in [0.4, 0.5) is 0 Å². The number of hydrogen-bond donors (Lipinski definition) is 1. The van der Waals surface area contributed by atoms with Crippen LogP contribution in [0.5, 0.6) is 5.75 Å². The lowest BCUT2D eigenvalue weighted by molar-refractivity contribution is 0.101. The van der Waals surface area contributed by atoms with E-state index < -0.39 is 17.0 Å². The average molecular weight is 440 g/mol. The molecular formula is C26H16O7. The number of ketones is 2. The fraction of sp³-hybridized carbons (Fsp3) is 0.0769. The maximum Gasteiger partial charge on any atom is 0.200 e. The van der Waals surface area contributed by atoms with E-state index in [1.165, 1.54) is 38.1 Å². The van der Waals surface area contributed by atoms with Crippen molar-refractivity contribution in [3.63, 3.8) is 0 Å². The summed E-state index contributed by atoms with van der Waals surface area (Å²) in [5.74, 6) is -1.000. The summed E-state index contributed by atoms with van der Waals surface area (Å²) in [5.41, 5.74) is -0.460. The Morgan fingerprint density at radius 2 is 1.55 bits per heavy atom. The molecule has 0 aliphatic carbocycles. The normalized spacial score (nSPS) is 11.3. The van der Waals surface area contributed by atoms with Crippen molar-refractivity contribution < 1.29 is 23.5 Å². The topological polar surface area (TPSA) is 115 Å². The highest BCUT2D eigenvalue weighted by Crippen LogP contribution is 2.35. The number of carbonyl (C=O) groups is 2. The first-order chi connectivity index (χ1) is 15.8. The van der Waals surface area contributed by atoms with E-state index in [9.17, 15) is 24.3 Å². The predicted octanol–water partition coefficient (Wildman–Crippen LogP) is 4.83. The maximum atomic E-state index is 13.3. The number of phenolic OH excluding ortho intramolecular Hbond substituents is 1. The number of aromatic hydroxyl groups is 1. The summed E-state index contributed by atoms with van der Waals surface area (Å²) >= 11 is 0. The molecule has 3 aromatic carbocycles. The summed E-state index contributed by atoms with van der Waals surface area (Å²) < 4.78 is 11.5. The third-order valence-electron chi connectivity index (χ3n) is 5.63. The second-order valence-corrected chi connectivity index (χ2v) is 7.75. The van der Waals surface area contributed by atoms with Crippen LogP contribution in [-0.4, -0.2) is 16.7 Å². The lowest BCUT2D eigenvalue weighted by atomic mass is 9.88. The van der Waals surface area contributed by atoms with Gasteiger partial charge in [0.05, 0.1) is 27.3 Å². The van der Waals surface area contributed by atoms with E-state index in [4.69, 9.17) is 8.83 Å². The van der Waals surface area contributed by atoms with Crippen molar-refractivity contribution in [2.75, 3.05) is 0 Å². The number of carbonyl (C=O) groups excluding carboxylic acids is 2. The van der Waals surface area contributed by atoms with E-state index in [0.717, 1.165) is 6.26 Å². The lowest BCUT2D eigenvalue weighted by Crippen LogP contribution is -2.14. The molecule has 0 bridgehead atoms. The molecule has 0 atom stereocenters. The first kappa shape index (κ1) is 20.4. The number of Topliss-reactive ketones (excluding diaryl/α,β-unsaturated/α-hetero) is 2. The van der Waals surface area contributed by atoms with Crippen LogP contribution >= 0.6 is 0 Å². The molecule has 33 heavy (non-hydrogen) atoms. The molecular weight excluding hydrogens is 424 g/mol. The highest BCUT2D eigenvalue weighted by Gasteiger charge is 2.26. The number of rotatable bonds is 3. The van der Waals surface area contributed by atoms with Crippen molar-refractivity contribution in [2.45, 2.75) is 13.8 Å². The van der Waals surface area contributed by atoms with Crippen LogP contribution < -0.4 is 10.9 Å². The van der Waals surface area contributed by atoms with Gasteiger partial charge in [0.2, 0.25) is 10.9 Å². The smallest absolute Gasteiger partial charge is 0.200 e. The van der Waals surface area contributed by atoms with E-state index in [1.54, 1.807) is 24.3 Å². The first-order valence-electron chi connectivity index (χ1n) is 10.1. The van der Waals surface area contributed by atoms with Crippen LogP contribution in [0, 0.1) is 0 Å². The molecule has 0 saturated heterocycles. The van der Waals surface area contributed by atoms with Crippen LogP contribution in [0.3, 0.4) is 0 Å². The Hall–Kier alpha value is -4.52. The largest absolute Gasteiger partial charge is 0.508 e. The van der Waals surface area contributed by atoms with E-state index in [2.05, 4.69) is 0 Å². The molecule has 0 spiro atoms. The number of para-hydroxylation sites is 1. The molecule has 0 unspecified atom stereocenters. The van der Waals surface area contributed by atoms with Gasteiger partial charge >= 0.3 is 0 Å². The molecule has 5 rings (SSSR count). The molecule has 0 fully saturated rings. The lowest BCUT2D eigenvalue weighted by Gasteiger charge is -2.14. The molecule has 0 amide bonds. The van der Waals surface area contributed by atoms with Gasteiger partial charge in [-0.1, -0.05) is 12.1 Å². The molecule has 7 nitrogen and oxygen atoms in total. The first-order valence-corrected chi connectivity index (χ1v) is 10.1. The second-order valence-electron chi connectivity index (χ2n) is 7.75. The van der Waals surface area contributed by atoms with Crippen molar-refractivity contribution in [1.82, 2.24) is 0 Å². The Kier molecular flexibility index (Phi) is 4.49. The molecule has 0 saturated carbocycles. The Bertz CT molecular complexity index is 1770. The minimum atomic E-state index is -0.497. The Morgan fingerprint density at radius 1 is 0.818 bits per heavy atom. The van der Waals surface area contributed by atoms with Crippen molar-refractivity contribution in [3.8, 4) is 16.9 Å². The zero-order valence-electron chi connectivity index (χ0n) is 17.6. The molecule has 162 valence electrons.